The number of aryl methyl sites for hydroxylation is 1. The fourth-order valence-corrected chi connectivity index (χ4v) is 1.70. The summed E-state index contributed by atoms with van der Waals surface area (Å²) >= 11 is 0. The van der Waals surface area contributed by atoms with Crippen LogP contribution in [0.5, 0.6) is 5.75 Å². The third kappa shape index (κ3) is 2.65. The van der Waals surface area contributed by atoms with Crippen LogP contribution < -0.4 is 11.1 Å². The number of carbonyl (C=O) groups is 1. The molecule has 2 aromatic rings. The monoisotopic (exact) mass is 257 g/mol. The number of amides is 1. The number of nitrogens with two attached hydrogens (primary N) is 1. The van der Waals surface area contributed by atoms with Gasteiger partial charge in [-0.2, -0.15) is 0 Å². The molecule has 1 aromatic heterocycles. The summed E-state index contributed by atoms with van der Waals surface area (Å²) in [4.78, 5) is 15.9. The van der Waals surface area contributed by atoms with Gasteiger partial charge in [-0.3, -0.25) is 4.79 Å². The van der Waals surface area contributed by atoms with Crippen LogP contribution in [-0.4, -0.2) is 16.0 Å². The number of aromatic nitrogens is 1. The summed E-state index contributed by atoms with van der Waals surface area (Å²) < 4.78 is 0. The molecule has 98 valence electrons. The summed E-state index contributed by atoms with van der Waals surface area (Å²) in [5.41, 5.74) is 8.24. The van der Waals surface area contributed by atoms with E-state index in [0.29, 0.717) is 16.9 Å². The van der Waals surface area contributed by atoms with Crippen molar-refractivity contribution in [2.45, 2.75) is 13.8 Å². The van der Waals surface area contributed by atoms with Crippen LogP contribution in [0, 0.1) is 13.8 Å². The molecule has 0 spiro atoms. The van der Waals surface area contributed by atoms with Gasteiger partial charge in [0.25, 0.3) is 5.91 Å². The van der Waals surface area contributed by atoms with E-state index in [1.54, 1.807) is 38.1 Å². The van der Waals surface area contributed by atoms with Gasteiger partial charge in [-0.15, -0.1) is 0 Å². The number of anilines is 2. The number of phenolic OH excluding ortho intramolecular Hbond substituents is 1. The summed E-state index contributed by atoms with van der Waals surface area (Å²) in [6, 6.07) is 6.66. The van der Waals surface area contributed by atoms with Crippen LogP contribution >= 0.6 is 0 Å². The molecule has 5 heteroatoms. The Morgan fingerprint density at radius 1 is 1.26 bits per heavy atom. The van der Waals surface area contributed by atoms with Crippen LogP contribution in [0.3, 0.4) is 0 Å². The van der Waals surface area contributed by atoms with Gasteiger partial charge < -0.3 is 16.2 Å². The van der Waals surface area contributed by atoms with Gasteiger partial charge in [0.1, 0.15) is 11.4 Å². The highest BCUT2D eigenvalue weighted by Crippen LogP contribution is 2.28. The molecule has 0 unspecified atom stereocenters. The van der Waals surface area contributed by atoms with E-state index in [1.807, 2.05) is 0 Å². The van der Waals surface area contributed by atoms with Gasteiger partial charge in [0.2, 0.25) is 0 Å². The molecule has 0 radical (unpaired) electrons. The zero-order chi connectivity index (χ0) is 14.0. The van der Waals surface area contributed by atoms with Gasteiger partial charge in [0.15, 0.2) is 0 Å². The lowest BCUT2D eigenvalue weighted by atomic mass is 10.1. The van der Waals surface area contributed by atoms with Gasteiger partial charge in [-0.25, -0.2) is 4.98 Å². The number of carbonyl (C=O) groups excluding carboxylic acids is 1. The Bertz CT molecular complexity index is 621. The Morgan fingerprint density at radius 2 is 2.00 bits per heavy atom. The molecule has 2 rings (SSSR count). The predicted octanol–water partition coefficient (Wildman–Crippen LogP) is 2.24. The first-order valence-electron chi connectivity index (χ1n) is 5.81. The maximum absolute atomic E-state index is 12.0. The SMILES string of the molecule is Cc1ccc(NC(=O)c2ccc(N)cn2)c(C)c1O. The highest BCUT2D eigenvalue weighted by atomic mass is 16.3. The molecule has 4 N–H and O–H groups in total. The van der Waals surface area contributed by atoms with Crippen LogP contribution in [0.2, 0.25) is 0 Å². The number of phenols is 1. The van der Waals surface area contributed by atoms with Crippen molar-refractivity contribution >= 4 is 17.3 Å². The first kappa shape index (κ1) is 12.9. The Labute approximate surface area is 111 Å². The molecular weight excluding hydrogens is 242 g/mol. The number of nitrogen functional groups attached to an aromatic ring is 1. The van der Waals surface area contributed by atoms with E-state index >= 15 is 0 Å². The average molecular weight is 257 g/mol. The molecule has 1 amide bonds. The highest BCUT2D eigenvalue weighted by Gasteiger charge is 2.11. The summed E-state index contributed by atoms with van der Waals surface area (Å²) in [7, 11) is 0. The summed E-state index contributed by atoms with van der Waals surface area (Å²) in [6.07, 6.45) is 1.42. The molecule has 0 bridgehead atoms. The second kappa shape index (κ2) is 4.97. The van der Waals surface area contributed by atoms with Crippen LogP contribution in [0.25, 0.3) is 0 Å². The van der Waals surface area contributed by atoms with Crippen LogP contribution in [0.4, 0.5) is 11.4 Å². The molecule has 0 aliphatic carbocycles. The van der Waals surface area contributed by atoms with Gasteiger partial charge in [0, 0.05) is 11.3 Å². The summed E-state index contributed by atoms with van der Waals surface area (Å²) in [6.45, 7) is 3.55. The Morgan fingerprint density at radius 3 is 2.63 bits per heavy atom. The number of aromatic hydroxyl groups is 1. The van der Waals surface area contributed by atoms with E-state index in [1.165, 1.54) is 6.20 Å². The number of rotatable bonds is 2. The molecule has 0 aliphatic heterocycles. The molecule has 0 saturated heterocycles. The summed E-state index contributed by atoms with van der Waals surface area (Å²) in [5.74, 6) is -0.158. The van der Waals surface area contributed by atoms with E-state index in [2.05, 4.69) is 10.3 Å². The van der Waals surface area contributed by atoms with Crippen LogP contribution in [0.15, 0.2) is 30.5 Å². The van der Waals surface area contributed by atoms with Crippen molar-refractivity contribution in [3.8, 4) is 5.75 Å². The Hall–Kier alpha value is -2.56. The number of benzene rings is 1. The molecule has 1 aromatic carbocycles. The maximum Gasteiger partial charge on any atom is 0.274 e. The number of hydrogen-bond donors (Lipinski definition) is 3. The molecule has 1 heterocycles. The lowest BCUT2D eigenvalue weighted by molar-refractivity contribution is 0.102. The van der Waals surface area contributed by atoms with Crippen molar-refractivity contribution in [2.75, 3.05) is 11.1 Å². The second-order valence-electron chi connectivity index (χ2n) is 4.33. The molecule has 0 atom stereocenters. The van der Waals surface area contributed by atoms with E-state index in [0.717, 1.165) is 5.56 Å². The van der Waals surface area contributed by atoms with Crippen molar-refractivity contribution < 1.29 is 9.90 Å². The van der Waals surface area contributed by atoms with Gasteiger partial charge in [0.05, 0.1) is 11.9 Å². The topological polar surface area (TPSA) is 88.2 Å². The lowest BCUT2D eigenvalue weighted by Crippen LogP contribution is -2.14. The lowest BCUT2D eigenvalue weighted by Gasteiger charge is -2.11. The minimum absolute atomic E-state index is 0.183. The van der Waals surface area contributed by atoms with E-state index in [9.17, 15) is 9.90 Å². The molecule has 19 heavy (non-hydrogen) atoms. The number of pyridine rings is 1. The van der Waals surface area contributed by atoms with E-state index in [4.69, 9.17) is 5.73 Å². The largest absolute Gasteiger partial charge is 0.507 e. The molecular formula is C14H15N3O2. The van der Waals surface area contributed by atoms with Crippen molar-refractivity contribution in [1.29, 1.82) is 0 Å². The van der Waals surface area contributed by atoms with E-state index < -0.39 is 0 Å². The Kier molecular flexibility index (Phi) is 3.37. The van der Waals surface area contributed by atoms with Gasteiger partial charge >= 0.3 is 0 Å². The number of nitrogens with zero attached hydrogens (tertiary/aromatic N) is 1. The minimum Gasteiger partial charge on any atom is -0.507 e. The number of nitrogens with one attached hydrogen (secondary N) is 1. The van der Waals surface area contributed by atoms with Crippen LogP contribution in [0.1, 0.15) is 21.6 Å². The van der Waals surface area contributed by atoms with Crippen LogP contribution in [-0.2, 0) is 0 Å². The Balaban J connectivity index is 2.24. The predicted molar refractivity (Wildman–Crippen MR) is 74.2 cm³/mol. The van der Waals surface area contributed by atoms with Crippen molar-refractivity contribution in [1.82, 2.24) is 4.98 Å². The normalized spacial score (nSPS) is 10.2. The fourth-order valence-electron chi connectivity index (χ4n) is 1.70. The smallest absolute Gasteiger partial charge is 0.274 e. The zero-order valence-corrected chi connectivity index (χ0v) is 10.8. The maximum atomic E-state index is 12.0. The molecule has 0 fully saturated rings. The van der Waals surface area contributed by atoms with Crippen molar-refractivity contribution in [3.63, 3.8) is 0 Å². The molecule has 5 nitrogen and oxygen atoms in total. The average Bonchev–Trinajstić information content (AvgIpc) is 2.40. The van der Waals surface area contributed by atoms with Crippen molar-refractivity contribution in [2.24, 2.45) is 0 Å². The van der Waals surface area contributed by atoms with Crippen molar-refractivity contribution in [3.05, 3.63) is 47.3 Å². The zero-order valence-electron chi connectivity index (χ0n) is 10.8. The summed E-state index contributed by atoms with van der Waals surface area (Å²) in [5, 5.41) is 12.5. The first-order valence-corrected chi connectivity index (χ1v) is 5.81. The fraction of sp³-hybridized carbons (Fsp3) is 0.143. The molecule has 0 saturated carbocycles. The van der Waals surface area contributed by atoms with E-state index in [-0.39, 0.29) is 17.4 Å². The third-order valence-electron chi connectivity index (χ3n) is 2.90. The van der Waals surface area contributed by atoms with Gasteiger partial charge in [-0.1, -0.05) is 6.07 Å². The third-order valence-corrected chi connectivity index (χ3v) is 2.90. The standard InChI is InChI=1S/C14H15N3O2/c1-8-3-5-11(9(2)13(8)18)17-14(19)12-6-4-10(15)7-16-12/h3-7,18H,15H2,1-2H3,(H,17,19). The molecule has 0 aliphatic rings. The second-order valence-corrected chi connectivity index (χ2v) is 4.33. The number of hydrogen-bond acceptors (Lipinski definition) is 4. The quantitative estimate of drug-likeness (QED) is 0.769. The van der Waals surface area contributed by atoms with Gasteiger partial charge in [-0.05, 0) is 37.6 Å². The minimum atomic E-state index is -0.341. The highest BCUT2D eigenvalue weighted by molar-refractivity contribution is 6.03. The first-order chi connectivity index (χ1) is 8.99.